The number of carbonyl (C=O) groups excluding carboxylic acids is 1. The Hall–Kier alpha value is -1.95. The maximum atomic E-state index is 11.5. The lowest BCUT2D eigenvalue weighted by atomic mass is 10.1. The van der Waals surface area contributed by atoms with Gasteiger partial charge in [-0.3, -0.25) is 0 Å². The molecule has 0 spiro atoms. The highest BCUT2D eigenvalue weighted by atomic mass is 16.6. The molecule has 0 aliphatic heterocycles. The van der Waals surface area contributed by atoms with Gasteiger partial charge >= 0.3 is 6.09 Å². The number of rotatable bonds is 4. The first-order valence-corrected chi connectivity index (χ1v) is 6.41. The molecule has 0 heterocycles. The molecule has 1 amide bonds. The summed E-state index contributed by atoms with van der Waals surface area (Å²) in [6.45, 7) is 5.54. The van der Waals surface area contributed by atoms with Crippen LogP contribution < -0.4 is 11.1 Å². The molecule has 20 heavy (non-hydrogen) atoms. The molecule has 1 unspecified atom stereocenters. The molecule has 0 fully saturated rings. The minimum absolute atomic E-state index is 0.180. The van der Waals surface area contributed by atoms with Gasteiger partial charge in [0.1, 0.15) is 5.60 Å². The Morgan fingerprint density at radius 2 is 2.05 bits per heavy atom. The highest BCUT2D eigenvalue weighted by molar-refractivity contribution is 5.67. The summed E-state index contributed by atoms with van der Waals surface area (Å²) in [5.74, 6) is -0.366. The number of aromatic hydroxyl groups is 2. The Bertz CT molecular complexity index is 469. The number of hydrogen-bond acceptors (Lipinski definition) is 5. The molecule has 5 N–H and O–H groups in total. The van der Waals surface area contributed by atoms with Gasteiger partial charge in [0.15, 0.2) is 11.5 Å². The smallest absolute Gasteiger partial charge is 0.407 e. The third kappa shape index (κ3) is 5.36. The maximum Gasteiger partial charge on any atom is 0.407 e. The quantitative estimate of drug-likeness (QED) is 0.626. The van der Waals surface area contributed by atoms with Crippen molar-refractivity contribution in [2.24, 2.45) is 5.73 Å². The van der Waals surface area contributed by atoms with Crippen LogP contribution in [0, 0.1) is 0 Å². The zero-order valence-electron chi connectivity index (χ0n) is 12.0. The minimum Gasteiger partial charge on any atom is -0.504 e. The van der Waals surface area contributed by atoms with Gasteiger partial charge in [0, 0.05) is 12.6 Å². The van der Waals surface area contributed by atoms with Crippen molar-refractivity contribution in [1.82, 2.24) is 5.32 Å². The van der Waals surface area contributed by atoms with E-state index in [-0.39, 0.29) is 18.0 Å². The largest absolute Gasteiger partial charge is 0.504 e. The van der Waals surface area contributed by atoms with Crippen LogP contribution in [-0.4, -0.2) is 34.5 Å². The van der Waals surface area contributed by atoms with E-state index in [9.17, 15) is 15.0 Å². The first-order valence-electron chi connectivity index (χ1n) is 6.41. The Balaban J connectivity index is 2.46. The van der Waals surface area contributed by atoms with E-state index in [0.29, 0.717) is 12.0 Å². The van der Waals surface area contributed by atoms with Gasteiger partial charge in [0.2, 0.25) is 0 Å². The number of alkyl carbamates (subject to hydrolysis) is 1. The van der Waals surface area contributed by atoms with Crippen molar-refractivity contribution in [1.29, 1.82) is 0 Å². The average Bonchev–Trinajstić information content (AvgIpc) is 2.30. The Morgan fingerprint density at radius 3 is 2.65 bits per heavy atom. The molecule has 112 valence electrons. The molecule has 0 saturated carbocycles. The van der Waals surface area contributed by atoms with E-state index >= 15 is 0 Å². The molecular weight excluding hydrogens is 260 g/mol. The van der Waals surface area contributed by atoms with Gasteiger partial charge in [-0.25, -0.2) is 4.79 Å². The van der Waals surface area contributed by atoms with E-state index in [1.165, 1.54) is 6.07 Å². The molecule has 1 aromatic rings. The van der Waals surface area contributed by atoms with Gasteiger partial charge in [-0.2, -0.15) is 0 Å². The fourth-order valence-corrected chi connectivity index (χ4v) is 1.63. The van der Waals surface area contributed by atoms with Crippen LogP contribution in [0.25, 0.3) is 0 Å². The van der Waals surface area contributed by atoms with Crippen LogP contribution >= 0.6 is 0 Å². The van der Waals surface area contributed by atoms with Gasteiger partial charge < -0.3 is 26.0 Å². The molecule has 0 aromatic heterocycles. The Kier molecular flexibility index (Phi) is 5.21. The number of nitrogens with one attached hydrogen (secondary N) is 1. The van der Waals surface area contributed by atoms with Crippen LogP contribution in [0.2, 0.25) is 0 Å². The molecular formula is C14H22N2O4. The van der Waals surface area contributed by atoms with E-state index < -0.39 is 17.7 Å². The Morgan fingerprint density at radius 1 is 1.40 bits per heavy atom. The van der Waals surface area contributed by atoms with E-state index in [4.69, 9.17) is 10.5 Å². The van der Waals surface area contributed by atoms with Crippen LogP contribution in [0.15, 0.2) is 18.2 Å². The van der Waals surface area contributed by atoms with Crippen LogP contribution in [0.5, 0.6) is 11.5 Å². The summed E-state index contributed by atoms with van der Waals surface area (Å²) in [5, 5.41) is 21.6. The summed E-state index contributed by atoms with van der Waals surface area (Å²) in [6.07, 6.45) is -0.205. The molecule has 1 aromatic carbocycles. The number of para-hydroxylation sites is 1. The van der Waals surface area contributed by atoms with Crippen molar-refractivity contribution in [3.63, 3.8) is 0 Å². The number of amides is 1. The molecule has 0 aliphatic rings. The Labute approximate surface area is 118 Å². The molecule has 0 bridgehead atoms. The first-order chi connectivity index (χ1) is 9.19. The monoisotopic (exact) mass is 282 g/mol. The maximum absolute atomic E-state index is 11.5. The molecule has 6 nitrogen and oxygen atoms in total. The van der Waals surface area contributed by atoms with Crippen molar-refractivity contribution in [2.45, 2.75) is 38.8 Å². The number of hydrogen-bond donors (Lipinski definition) is 4. The topological polar surface area (TPSA) is 105 Å². The molecule has 1 atom stereocenters. The SMILES string of the molecule is CC(C)(C)OC(=O)NCC(N)Cc1cccc(O)c1O. The summed E-state index contributed by atoms with van der Waals surface area (Å²) in [7, 11) is 0. The van der Waals surface area contributed by atoms with E-state index in [1.54, 1.807) is 32.9 Å². The number of ether oxygens (including phenoxy) is 1. The normalized spacial score (nSPS) is 12.8. The second kappa shape index (κ2) is 6.47. The summed E-state index contributed by atoms with van der Waals surface area (Å²) in [4.78, 5) is 11.5. The first kappa shape index (κ1) is 16.1. The fourth-order valence-electron chi connectivity index (χ4n) is 1.63. The summed E-state index contributed by atoms with van der Waals surface area (Å²) in [6, 6.07) is 4.29. The van der Waals surface area contributed by atoms with Crippen molar-refractivity contribution in [2.75, 3.05) is 6.54 Å². The van der Waals surface area contributed by atoms with Gasteiger partial charge in [-0.05, 0) is 38.8 Å². The average molecular weight is 282 g/mol. The molecule has 0 saturated heterocycles. The second-order valence-corrected chi connectivity index (χ2v) is 5.63. The van der Waals surface area contributed by atoms with Crippen molar-refractivity contribution in [3.05, 3.63) is 23.8 Å². The highest BCUT2D eigenvalue weighted by Gasteiger charge is 2.17. The molecule has 1 rings (SSSR count). The number of phenolic OH excluding ortho intramolecular Hbond substituents is 2. The number of phenols is 2. The fraction of sp³-hybridized carbons (Fsp3) is 0.500. The molecule has 6 heteroatoms. The van der Waals surface area contributed by atoms with Crippen LogP contribution in [0.1, 0.15) is 26.3 Å². The molecule has 0 aliphatic carbocycles. The standard InChI is InChI=1S/C14H22N2O4/c1-14(2,3)20-13(19)16-8-10(15)7-9-5-4-6-11(17)12(9)18/h4-6,10,17-18H,7-8,15H2,1-3H3,(H,16,19). The number of nitrogens with two attached hydrogens (primary N) is 1. The minimum atomic E-state index is -0.558. The van der Waals surface area contributed by atoms with Gasteiger partial charge in [-0.1, -0.05) is 12.1 Å². The van der Waals surface area contributed by atoms with E-state index in [1.807, 2.05) is 0 Å². The van der Waals surface area contributed by atoms with E-state index in [2.05, 4.69) is 5.32 Å². The predicted octanol–water partition coefficient (Wildman–Crippen LogP) is 1.49. The molecule has 0 radical (unpaired) electrons. The zero-order chi connectivity index (χ0) is 15.3. The van der Waals surface area contributed by atoms with Crippen molar-refractivity contribution >= 4 is 6.09 Å². The van der Waals surface area contributed by atoms with Gasteiger partial charge in [0.05, 0.1) is 0 Å². The van der Waals surface area contributed by atoms with Crippen LogP contribution in [-0.2, 0) is 11.2 Å². The zero-order valence-corrected chi connectivity index (χ0v) is 12.0. The second-order valence-electron chi connectivity index (χ2n) is 5.63. The lowest BCUT2D eigenvalue weighted by molar-refractivity contribution is 0.0524. The lowest BCUT2D eigenvalue weighted by Crippen LogP contribution is -2.41. The van der Waals surface area contributed by atoms with Gasteiger partial charge in [0.25, 0.3) is 0 Å². The third-order valence-corrected chi connectivity index (χ3v) is 2.49. The lowest BCUT2D eigenvalue weighted by Gasteiger charge is -2.21. The summed E-state index contributed by atoms with van der Waals surface area (Å²) < 4.78 is 5.09. The van der Waals surface area contributed by atoms with Gasteiger partial charge in [-0.15, -0.1) is 0 Å². The summed E-state index contributed by atoms with van der Waals surface area (Å²) in [5.41, 5.74) is 5.85. The number of carbonyl (C=O) groups is 1. The highest BCUT2D eigenvalue weighted by Crippen LogP contribution is 2.28. The van der Waals surface area contributed by atoms with Crippen molar-refractivity contribution in [3.8, 4) is 11.5 Å². The van der Waals surface area contributed by atoms with E-state index in [0.717, 1.165) is 0 Å². The van der Waals surface area contributed by atoms with Crippen LogP contribution in [0.4, 0.5) is 4.79 Å². The predicted molar refractivity (Wildman–Crippen MR) is 75.7 cm³/mol. The van der Waals surface area contributed by atoms with Crippen LogP contribution in [0.3, 0.4) is 0 Å². The summed E-state index contributed by atoms with van der Waals surface area (Å²) >= 11 is 0. The third-order valence-electron chi connectivity index (χ3n) is 2.49. The van der Waals surface area contributed by atoms with Crippen molar-refractivity contribution < 1.29 is 19.7 Å². The number of benzene rings is 1.